The zero-order valence-corrected chi connectivity index (χ0v) is 10.7. The normalized spacial score (nSPS) is 9.44. The summed E-state index contributed by atoms with van der Waals surface area (Å²) in [4.78, 5) is 11.1. The fourth-order valence-electron chi connectivity index (χ4n) is 1.39. The monoisotopic (exact) mass is 263 g/mol. The Morgan fingerprint density at radius 2 is 1.11 bits per heavy atom. The fraction of sp³-hybridized carbons (Fsp3) is 0.0769. The second kappa shape index (κ2) is 7.34. The standard InChI is InChI=1S/C13H13S.NO3/c1-14(12-8-4-2-5-9-12)13-10-6-3-7-11-13;2-1(3)4/h2-11H,1H3;/q+1;-1. The molecule has 4 nitrogen and oxygen atoms in total. The summed E-state index contributed by atoms with van der Waals surface area (Å²) in [5.74, 6) is 0. The van der Waals surface area contributed by atoms with Crippen LogP contribution in [0.3, 0.4) is 0 Å². The molecule has 0 unspecified atom stereocenters. The second-order valence-corrected chi connectivity index (χ2v) is 5.32. The van der Waals surface area contributed by atoms with E-state index in [9.17, 15) is 0 Å². The molecule has 0 amide bonds. The molecule has 2 rings (SSSR count). The summed E-state index contributed by atoms with van der Waals surface area (Å²) in [5.41, 5.74) is 0. The van der Waals surface area contributed by atoms with Gasteiger partial charge in [-0.25, -0.2) is 0 Å². The Balaban J connectivity index is 0.000000357. The molecule has 5 heteroatoms. The van der Waals surface area contributed by atoms with Gasteiger partial charge in [0.05, 0.1) is 16.0 Å². The average Bonchev–Trinajstić information content (AvgIpc) is 2.39. The maximum absolute atomic E-state index is 8.25. The molecule has 0 heterocycles. The summed E-state index contributed by atoms with van der Waals surface area (Å²) in [5, 5.41) is 14.8. The van der Waals surface area contributed by atoms with Gasteiger partial charge >= 0.3 is 0 Å². The Bertz CT molecular complexity index is 433. The molecule has 18 heavy (non-hydrogen) atoms. The molecule has 0 saturated carbocycles. The van der Waals surface area contributed by atoms with Gasteiger partial charge in [-0.2, -0.15) is 0 Å². The molecule has 2 aromatic rings. The van der Waals surface area contributed by atoms with Crippen LogP contribution in [0.5, 0.6) is 0 Å². The first-order valence-corrected chi connectivity index (χ1v) is 6.82. The van der Waals surface area contributed by atoms with Crippen molar-refractivity contribution in [3.05, 3.63) is 76.0 Å². The summed E-state index contributed by atoms with van der Waals surface area (Å²) >= 11 is 0. The number of rotatable bonds is 2. The molecule has 0 saturated heterocycles. The zero-order valence-electron chi connectivity index (χ0n) is 9.85. The van der Waals surface area contributed by atoms with Crippen molar-refractivity contribution in [1.29, 1.82) is 0 Å². The van der Waals surface area contributed by atoms with Crippen LogP contribution >= 0.6 is 0 Å². The van der Waals surface area contributed by atoms with Crippen molar-refractivity contribution >= 4 is 10.9 Å². The van der Waals surface area contributed by atoms with Gasteiger partial charge in [-0.1, -0.05) is 36.4 Å². The molecule has 0 aliphatic rings. The molecular weight excluding hydrogens is 250 g/mol. The van der Waals surface area contributed by atoms with Crippen LogP contribution in [-0.4, -0.2) is 11.3 Å². The molecular formula is C13H13NO3S. The van der Waals surface area contributed by atoms with E-state index in [0.29, 0.717) is 0 Å². The third-order valence-corrected chi connectivity index (χ3v) is 4.15. The quantitative estimate of drug-likeness (QED) is 0.475. The van der Waals surface area contributed by atoms with Gasteiger partial charge in [0.2, 0.25) is 0 Å². The number of nitrogens with zero attached hydrogens (tertiary/aromatic N) is 1. The Kier molecular flexibility index (Phi) is 5.73. The van der Waals surface area contributed by atoms with E-state index in [4.69, 9.17) is 15.3 Å². The van der Waals surface area contributed by atoms with Gasteiger partial charge in [-0.05, 0) is 24.3 Å². The van der Waals surface area contributed by atoms with Crippen LogP contribution in [0.1, 0.15) is 0 Å². The van der Waals surface area contributed by atoms with Gasteiger partial charge in [0.15, 0.2) is 9.79 Å². The van der Waals surface area contributed by atoms with Crippen LogP contribution < -0.4 is 0 Å². The molecule has 94 valence electrons. The highest BCUT2D eigenvalue weighted by Crippen LogP contribution is 2.19. The summed E-state index contributed by atoms with van der Waals surface area (Å²) in [7, 11) is 0.203. The highest BCUT2D eigenvalue weighted by Gasteiger charge is 2.17. The van der Waals surface area contributed by atoms with Gasteiger partial charge in [-0.15, -0.1) is 0 Å². The summed E-state index contributed by atoms with van der Waals surface area (Å²) in [6.07, 6.45) is 2.27. The Morgan fingerprint density at radius 1 is 0.833 bits per heavy atom. The van der Waals surface area contributed by atoms with Crippen LogP contribution in [0.4, 0.5) is 0 Å². The van der Waals surface area contributed by atoms with Gasteiger partial charge in [-0.3, -0.25) is 0 Å². The second-order valence-electron chi connectivity index (χ2n) is 3.36. The van der Waals surface area contributed by atoms with Crippen molar-refractivity contribution in [2.75, 3.05) is 6.26 Å². The highest BCUT2D eigenvalue weighted by atomic mass is 32.2. The molecule has 0 bridgehead atoms. The Morgan fingerprint density at radius 3 is 1.39 bits per heavy atom. The van der Waals surface area contributed by atoms with E-state index in [1.807, 2.05) is 0 Å². The van der Waals surface area contributed by atoms with E-state index >= 15 is 0 Å². The van der Waals surface area contributed by atoms with Crippen LogP contribution in [-0.2, 0) is 10.9 Å². The minimum absolute atomic E-state index is 0.203. The van der Waals surface area contributed by atoms with E-state index in [0.717, 1.165) is 0 Å². The molecule has 0 spiro atoms. The zero-order chi connectivity index (χ0) is 13.4. The molecule has 0 atom stereocenters. The van der Waals surface area contributed by atoms with Crippen LogP contribution in [0.25, 0.3) is 0 Å². The Hall–Kier alpha value is -2.01. The average molecular weight is 263 g/mol. The van der Waals surface area contributed by atoms with E-state index in [-0.39, 0.29) is 10.9 Å². The fourth-order valence-corrected chi connectivity index (χ4v) is 2.79. The summed E-state index contributed by atoms with van der Waals surface area (Å²) in [6, 6.07) is 21.3. The highest BCUT2D eigenvalue weighted by molar-refractivity contribution is 7.96. The van der Waals surface area contributed by atoms with Crippen LogP contribution in [0.15, 0.2) is 70.5 Å². The van der Waals surface area contributed by atoms with Crippen molar-refractivity contribution in [1.82, 2.24) is 0 Å². The number of hydrogen-bond acceptors (Lipinski definition) is 3. The first-order chi connectivity index (χ1) is 8.61. The third-order valence-electron chi connectivity index (χ3n) is 2.19. The number of hydrogen-bond donors (Lipinski definition) is 0. The lowest BCUT2D eigenvalue weighted by Crippen LogP contribution is -1.99. The lowest BCUT2D eigenvalue weighted by Gasteiger charge is -2.00. The van der Waals surface area contributed by atoms with Gasteiger partial charge in [0, 0.05) is 0 Å². The lowest BCUT2D eigenvalue weighted by molar-refractivity contribution is -0.402. The minimum atomic E-state index is -1.75. The van der Waals surface area contributed by atoms with Crippen LogP contribution in [0, 0.1) is 15.3 Å². The van der Waals surface area contributed by atoms with Gasteiger partial charge < -0.3 is 15.3 Å². The predicted molar refractivity (Wildman–Crippen MR) is 73.1 cm³/mol. The van der Waals surface area contributed by atoms with Crippen molar-refractivity contribution in [3.8, 4) is 0 Å². The lowest BCUT2D eigenvalue weighted by atomic mass is 10.4. The first kappa shape index (κ1) is 14.1. The summed E-state index contributed by atoms with van der Waals surface area (Å²) in [6.45, 7) is 0. The van der Waals surface area contributed by atoms with Crippen molar-refractivity contribution in [3.63, 3.8) is 0 Å². The third kappa shape index (κ3) is 4.88. The van der Waals surface area contributed by atoms with E-state index in [1.54, 1.807) is 0 Å². The van der Waals surface area contributed by atoms with Gasteiger partial charge in [0.1, 0.15) is 6.26 Å². The Labute approximate surface area is 108 Å². The van der Waals surface area contributed by atoms with Crippen molar-refractivity contribution in [2.45, 2.75) is 9.79 Å². The maximum atomic E-state index is 8.25. The molecule has 0 aromatic heterocycles. The molecule has 0 radical (unpaired) electrons. The molecule has 0 aliphatic carbocycles. The van der Waals surface area contributed by atoms with Gasteiger partial charge in [0.25, 0.3) is 0 Å². The SMILES string of the molecule is C[S+](c1ccccc1)c1ccccc1.O=[N+]([O-])[O-]. The van der Waals surface area contributed by atoms with E-state index in [2.05, 4.69) is 66.9 Å². The van der Waals surface area contributed by atoms with Crippen molar-refractivity contribution in [2.24, 2.45) is 0 Å². The summed E-state index contributed by atoms with van der Waals surface area (Å²) < 4.78 is 0. The molecule has 0 N–H and O–H groups in total. The van der Waals surface area contributed by atoms with Crippen molar-refractivity contribution < 1.29 is 5.09 Å². The van der Waals surface area contributed by atoms with E-state index < -0.39 is 5.09 Å². The molecule has 0 fully saturated rings. The molecule has 2 aromatic carbocycles. The van der Waals surface area contributed by atoms with Crippen LogP contribution in [0.2, 0.25) is 0 Å². The first-order valence-electron chi connectivity index (χ1n) is 5.19. The topological polar surface area (TPSA) is 66.2 Å². The maximum Gasteiger partial charge on any atom is 0.160 e. The largest absolute Gasteiger partial charge is 0.356 e. The smallest absolute Gasteiger partial charge is 0.160 e. The van der Waals surface area contributed by atoms with E-state index in [1.165, 1.54) is 9.79 Å². The predicted octanol–water partition coefficient (Wildman–Crippen LogP) is 3.11. The minimum Gasteiger partial charge on any atom is -0.356 e. The number of benzene rings is 2. The molecule has 0 aliphatic heterocycles.